The maximum atomic E-state index is 12.4. The molecule has 1 amide bonds. The van der Waals surface area contributed by atoms with E-state index >= 15 is 0 Å². The van der Waals surface area contributed by atoms with Gasteiger partial charge in [-0.1, -0.05) is 11.6 Å². The minimum Gasteiger partial charge on any atom is -0.370 e. The van der Waals surface area contributed by atoms with Gasteiger partial charge in [0.15, 0.2) is 0 Å². The first-order valence-corrected chi connectivity index (χ1v) is 8.16. The highest BCUT2D eigenvalue weighted by atomic mass is 35.5. The lowest BCUT2D eigenvalue weighted by atomic mass is 10.1. The normalized spacial score (nSPS) is 14.6. The van der Waals surface area contributed by atoms with Gasteiger partial charge >= 0.3 is 0 Å². The molecule has 6 heteroatoms. The maximum Gasteiger partial charge on any atom is 0.275 e. The number of benzene rings is 1. The van der Waals surface area contributed by atoms with Crippen molar-refractivity contribution >= 4 is 28.9 Å². The summed E-state index contributed by atoms with van der Waals surface area (Å²) in [4.78, 5) is 22.9. The molecule has 0 spiro atoms. The molecule has 0 saturated carbocycles. The van der Waals surface area contributed by atoms with Crippen molar-refractivity contribution in [3.63, 3.8) is 0 Å². The number of aryl methyl sites for hydroxylation is 1. The van der Waals surface area contributed by atoms with Crippen LogP contribution in [-0.4, -0.2) is 29.0 Å². The molecule has 23 heavy (non-hydrogen) atoms. The minimum absolute atomic E-state index is 0.280. The highest BCUT2D eigenvalue weighted by Gasteiger charge is 2.17. The summed E-state index contributed by atoms with van der Waals surface area (Å²) in [7, 11) is 0. The SMILES string of the molecule is Cc1cnc(C(=O)Nc2cc(Cl)ccc2N2CCCCC2)cn1. The van der Waals surface area contributed by atoms with Gasteiger partial charge in [-0.2, -0.15) is 0 Å². The molecule has 0 atom stereocenters. The second kappa shape index (κ2) is 6.96. The average Bonchev–Trinajstić information content (AvgIpc) is 2.56. The minimum atomic E-state index is -0.280. The first kappa shape index (κ1) is 15.7. The van der Waals surface area contributed by atoms with Crippen molar-refractivity contribution in [2.24, 2.45) is 0 Å². The maximum absolute atomic E-state index is 12.4. The fourth-order valence-corrected chi connectivity index (χ4v) is 2.89. The Morgan fingerprint density at radius 2 is 1.96 bits per heavy atom. The van der Waals surface area contributed by atoms with Crippen LogP contribution >= 0.6 is 11.6 Å². The molecule has 2 aromatic rings. The summed E-state index contributed by atoms with van der Waals surface area (Å²) in [6.07, 6.45) is 6.65. The van der Waals surface area contributed by atoms with Crippen molar-refractivity contribution in [1.29, 1.82) is 0 Å². The van der Waals surface area contributed by atoms with Gasteiger partial charge in [0, 0.05) is 24.3 Å². The lowest BCUT2D eigenvalue weighted by molar-refractivity contribution is 0.102. The molecule has 0 unspecified atom stereocenters. The van der Waals surface area contributed by atoms with E-state index in [9.17, 15) is 4.79 Å². The van der Waals surface area contributed by atoms with Gasteiger partial charge in [0.2, 0.25) is 0 Å². The van der Waals surface area contributed by atoms with Crippen LogP contribution in [0.25, 0.3) is 0 Å². The van der Waals surface area contributed by atoms with Gasteiger partial charge in [0.05, 0.1) is 23.3 Å². The van der Waals surface area contributed by atoms with Crippen LogP contribution in [0.4, 0.5) is 11.4 Å². The van der Waals surface area contributed by atoms with Crippen LogP contribution in [0.2, 0.25) is 5.02 Å². The molecule has 5 nitrogen and oxygen atoms in total. The number of hydrogen-bond acceptors (Lipinski definition) is 4. The summed E-state index contributed by atoms with van der Waals surface area (Å²) < 4.78 is 0. The van der Waals surface area contributed by atoms with Gasteiger partial charge < -0.3 is 10.2 Å². The van der Waals surface area contributed by atoms with Crippen LogP contribution in [0.3, 0.4) is 0 Å². The molecule has 2 heterocycles. The van der Waals surface area contributed by atoms with Gasteiger partial charge in [0.25, 0.3) is 5.91 Å². The number of halogens is 1. The fourth-order valence-electron chi connectivity index (χ4n) is 2.72. The first-order chi connectivity index (χ1) is 11.1. The summed E-state index contributed by atoms with van der Waals surface area (Å²) in [6.45, 7) is 3.82. The van der Waals surface area contributed by atoms with Crippen molar-refractivity contribution in [2.75, 3.05) is 23.3 Å². The summed E-state index contributed by atoms with van der Waals surface area (Å²) in [5.41, 5.74) is 2.78. The number of carbonyl (C=O) groups excluding carboxylic acids is 1. The lowest BCUT2D eigenvalue weighted by Gasteiger charge is -2.30. The Labute approximate surface area is 140 Å². The van der Waals surface area contributed by atoms with Crippen LogP contribution in [0.1, 0.15) is 35.4 Å². The number of amides is 1. The third-order valence-corrected chi connectivity index (χ3v) is 4.15. The Kier molecular flexibility index (Phi) is 4.76. The quantitative estimate of drug-likeness (QED) is 0.932. The number of nitrogens with one attached hydrogen (secondary N) is 1. The molecule has 1 aromatic heterocycles. The van der Waals surface area contributed by atoms with E-state index in [2.05, 4.69) is 20.2 Å². The Morgan fingerprint density at radius 3 is 2.65 bits per heavy atom. The fraction of sp³-hybridized carbons (Fsp3) is 0.353. The Bertz CT molecular complexity index is 696. The zero-order valence-corrected chi connectivity index (χ0v) is 13.8. The molecule has 1 fully saturated rings. The summed E-state index contributed by atoms with van der Waals surface area (Å²) in [5.74, 6) is -0.280. The van der Waals surface area contributed by atoms with Crippen molar-refractivity contribution in [3.8, 4) is 0 Å². The van der Waals surface area contributed by atoms with Crippen LogP contribution in [0.15, 0.2) is 30.6 Å². The predicted octanol–water partition coefficient (Wildman–Crippen LogP) is 3.68. The van der Waals surface area contributed by atoms with E-state index in [0.717, 1.165) is 24.5 Å². The largest absolute Gasteiger partial charge is 0.370 e. The van der Waals surface area contributed by atoms with Crippen LogP contribution in [0.5, 0.6) is 0 Å². The molecule has 1 aliphatic heterocycles. The Hall–Kier alpha value is -2.14. The number of nitrogens with zero attached hydrogens (tertiary/aromatic N) is 3. The topological polar surface area (TPSA) is 58.1 Å². The molecule has 1 aromatic carbocycles. The van der Waals surface area contributed by atoms with Gasteiger partial charge in [-0.3, -0.25) is 9.78 Å². The molecular formula is C17H19ClN4O. The van der Waals surface area contributed by atoms with Crippen LogP contribution < -0.4 is 10.2 Å². The van der Waals surface area contributed by atoms with E-state index in [1.807, 2.05) is 19.1 Å². The number of aromatic nitrogens is 2. The molecule has 3 rings (SSSR count). The monoisotopic (exact) mass is 330 g/mol. The number of carbonyl (C=O) groups is 1. The molecule has 0 aliphatic carbocycles. The Balaban J connectivity index is 1.84. The molecule has 0 bridgehead atoms. The molecule has 0 radical (unpaired) electrons. The number of piperidine rings is 1. The van der Waals surface area contributed by atoms with E-state index in [1.54, 1.807) is 12.3 Å². The summed E-state index contributed by atoms with van der Waals surface area (Å²) >= 11 is 6.11. The highest BCUT2D eigenvalue weighted by molar-refractivity contribution is 6.31. The second-order valence-electron chi connectivity index (χ2n) is 5.71. The third kappa shape index (κ3) is 3.79. The molecule has 120 valence electrons. The van der Waals surface area contributed by atoms with E-state index in [1.165, 1.54) is 25.5 Å². The van der Waals surface area contributed by atoms with E-state index in [0.29, 0.717) is 16.4 Å². The van der Waals surface area contributed by atoms with E-state index in [-0.39, 0.29) is 5.91 Å². The van der Waals surface area contributed by atoms with Crippen molar-refractivity contribution in [2.45, 2.75) is 26.2 Å². The van der Waals surface area contributed by atoms with Crippen LogP contribution in [-0.2, 0) is 0 Å². The predicted molar refractivity (Wildman–Crippen MR) is 92.2 cm³/mol. The van der Waals surface area contributed by atoms with Crippen LogP contribution in [0, 0.1) is 6.92 Å². The highest BCUT2D eigenvalue weighted by Crippen LogP contribution is 2.31. The zero-order valence-electron chi connectivity index (χ0n) is 13.1. The molecular weight excluding hydrogens is 312 g/mol. The van der Waals surface area contributed by atoms with Gasteiger partial charge in [-0.25, -0.2) is 4.98 Å². The number of anilines is 2. The second-order valence-corrected chi connectivity index (χ2v) is 6.14. The van der Waals surface area contributed by atoms with Crippen molar-refractivity contribution in [3.05, 3.63) is 47.0 Å². The third-order valence-electron chi connectivity index (χ3n) is 3.92. The summed E-state index contributed by atoms with van der Waals surface area (Å²) in [5, 5.41) is 3.51. The zero-order chi connectivity index (χ0) is 16.2. The molecule has 1 saturated heterocycles. The number of rotatable bonds is 3. The van der Waals surface area contributed by atoms with Crippen molar-refractivity contribution in [1.82, 2.24) is 9.97 Å². The van der Waals surface area contributed by atoms with Gasteiger partial charge in [0.1, 0.15) is 5.69 Å². The van der Waals surface area contributed by atoms with Gasteiger partial charge in [-0.15, -0.1) is 0 Å². The summed E-state index contributed by atoms with van der Waals surface area (Å²) in [6, 6.07) is 5.60. The van der Waals surface area contributed by atoms with Crippen molar-refractivity contribution < 1.29 is 4.79 Å². The standard InChI is InChI=1S/C17H19ClN4O/c1-12-10-20-15(11-19-12)17(23)21-14-9-13(18)5-6-16(14)22-7-3-2-4-8-22/h5-6,9-11H,2-4,7-8H2,1H3,(H,21,23). The average molecular weight is 331 g/mol. The van der Waals surface area contributed by atoms with E-state index < -0.39 is 0 Å². The lowest BCUT2D eigenvalue weighted by Crippen LogP contribution is -2.30. The molecule has 1 N–H and O–H groups in total. The smallest absolute Gasteiger partial charge is 0.275 e. The number of hydrogen-bond donors (Lipinski definition) is 1. The molecule has 1 aliphatic rings. The Morgan fingerprint density at radius 1 is 1.17 bits per heavy atom. The van der Waals surface area contributed by atoms with E-state index in [4.69, 9.17) is 11.6 Å². The van der Waals surface area contributed by atoms with Gasteiger partial charge in [-0.05, 0) is 44.4 Å². The first-order valence-electron chi connectivity index (χ1n) is 7.78.